The first-order chi connectivity index (χ1) is 11.9. The van der Waals surface area contributed by atoms with Crippen LogP contribution in [0.5, 0.6) is 0 Å². The number of carboxylic acid groups (broad SMARTS) is 1. The lowest BCUT2D eigenvalue weighted by atomic mass is 10.1. The van der Waals surface area contributed by atoms with Crippen molar-refractivity contribution in [2.75, 3.05) is 4.72 Å². The van der Waals surface area contributed by atoms with Crippen LogP contribution in [-0.4, -0.2) is 29.5 Å². The topological polar surface area (TPSA) is 109 Å². The third-order valence-electron chi connectivity index (χ3n) is 3.72. The second-order valence-electron chi connectivity index (χ2n) is 5.32. The molecule has 0 unspecified atom stereocenters. The number of hydrogen-bond donors (Lipinski definition) is 2. The maximum absolute atomic E-state index is 12.8. The van der Waals surface area contributed by atoms with Crippen molar-refractivity contribution in [1.29, 1.82) is 0 Å². The molecule has 1 aromatic heterocycles. The van der Waals surface area contributed by atoms with Gasteiger partial charge in [0.15, 0.2) is 0 Å². The van der Waals surface area contributed by atoms with Gasteiger partial charge in [-0.15, -0.1) is 0 Å². The minimum atomic E-state index is -4.04. The summed E-state index contributed by atoms with van der Waals surface area (Å²) in [6.45, 7) is 1.90. The summed E-state index contributed by atoms with van der Waals surface area (Å²) in [5.41, 5.74) is 1.38. The van der Waals surface area contributed by atoms with Crippen LogP contribution >= 0.6 is 0 Å². The van der Waals surface area contributed by atoms with Gasteiger partial charge in [-0.3, -0.25) is 14.7 Å². The summed E-state index contributed by atoms with van der Waals surface area (Å²) in [5, 5.41) is 9.31. The van der Waals surface area contributed by atoms with Crippen LogP contribution in [0.1, 0.15) is 22.8 Å². The van der Waals surface area contributed by atoms with Crippen LogP contribution in [0.3, 0.4) is 0 Å². The number of rotatable bonds is 5. The highest BCUT2D eigenvalue weighted by molar-refractivity contribution is 7.93. The van der Waals surface area contributed by atoms with E-state index in [1.54, 1.807) is 18.2 Å². The molecule has 7 nitrogen and oxygen atoms in total. The molecule has 3 aromatic rings. The van der Waals surface area contributed by atoms with E-state index < -0.39 is 16.0 Å². The minimum Gasteiger partial charge on any atom is -0.478 e. The average molecular weight is 357 g/mol. The van der Waals surface area contributed by atoms with Gasteiger partial charge in [0.25, 0.3) is 10.0 Å². The molecular weight excluding hydrogens is 342 g/mol. The number of anilines is 1. The van der Waals surface area contributed by atoms with Crippen LogP contribution in [0.4, 0.5) is 5.69 Å². The number of para-hydroxylation sites is 1. The normalized spacial score (nSPS) is 11.4. The summed E-state index contributed by atoms with van der Waals surface area (Å²) in [4.78, 5) is 19.5. The number of sulfonamides is 1. The molecule has 0 saturated carbocycles. The molecule has 1 heterocycles. The summed E-state index contributed by atoms with van der Waals surface area (Å²) in [6, 6.07) is 9.20. The Morgan fingerprint density at radius 2 is 1.92 bits per heavy atom. The molecule has 2 aromatic carbocycles. The Hall–Kier alpha value is -3.00. The van der Waals surface area contributed by atoms with Crippen molar-refractivity contribution in [2.45, 2.75) is 18.2 Å². The first kappa shape index (κ1) is 16.8. The van der Waals surface area contributed by atoms with Crippen molar-refractivity contribution in [1.82, 2.24) is 9.97 Å². The SMILES string of the molecule is CCc1ccc(C(=O)O)c(NS(=O)(=O)c2cccc3nccnc23)c1. The van der Waals surface area contributed by atoms with E-state index in [0.717, 1.165) is 5.56 Å². The molecule has 3 rings (SSSR count). The van der Waals surface area contributed by atoms with Crippen molar-refractivity contribution in [3.8, 4) is 0 Å². The third-order valence-corrected chi connectivity index (χ3v) is 5.12. The Balaban J connectivity index is 2.12. The zero-order valence-corrected chi connectivity index (χ0v) is 14.1. The third kappa shape index (κ3) is 3.29. The highest BCUT2D eigenvalue weighted by Gasteiger charge is 2.21. The summed E-state index contributed by atoms with van der Waals surface area (Å²) in [6.07, 6.45) is 3.52. The fraction of sp³-hybridized carbons (Fsp3) is 0.118. The second kappa shape index (κ2) is 6.48. The van der Waals surface area contributed by atoms with E-state index in [1.165, 1.54) is 30.6 Å². The molecule has 8 heteroatoms. The molecule has 2 N–H and O–H groups in total. The minimum absolute atomic E-state index is 0.0211. The van der Waals surface area contributed by atoms with Gasteiger partial charge >= 0.3 is 5.97 Å². The molecule has 0 saturated heterocycles. The Morgan fingerprint density at radius 3 is 2.64 bits per heavy atom. The quantitative estimate of drug-likeness (QED) is 0.726. The van der Waals surface area contributed by atoms with Gasteiger partial charge in [-0.1, -0.05) is 19.1 Å². The van der Waals surface area contributed by atoms with E-state index >= 15 is 0 Å². The Bertz CT molecular complexity index is 1060. The van der Waals surface area contributed by atoms with Gasteiger partial charge in [0.05, 0.1) is 16.8 Å². The van der Waals surface area contributed by atoms with Crippen LogP contribution in [-0.2, 0) is 16.4 Å². The molecular formula is C17H15N3O4S. The van der Waals surface area contributed by atoms with Gasteiger partial charge in [0.1, 0.15) is 10.4 Å². The van der Waals surface area contributed by atoms with Gasteiger partial charge in [-0.25, -0.2) is 13.2 Å². The van der Waals surface area contributed by atoms with E-state index in [-0.39, 0.29) is 21.7 Å². The molecule has 0 aliphatic heterocycles. The molecule has 0 aliphatic rings. The zero-order valence-electron chi connectivity index (χ0n) is 13.3. The number of fused-ring (bicyclic) bond motifs is 1. The molecule has 0 spiro atoms. The first-order valence-electron chi connectivity index (χ1n) is 7.51. The zero-order chi connectivity index (χ0) is 18.0. The Labute approximate surface area is 144 Å². The van der Waals surface area contributed by atoms with Crippen LogP contribution < -0.4 is 4.72 Å². The lowest BCUT2D eigenvalue weighted by Crippen LogP contribution is -2.16. The number of aromatic nitrogens is 2. The van der Waals surface area contributed by atoms with Gasteiger partial charge < -0.3 is 5.11 Å². The first-order valence-corrected chi connectivity index (χ1v) is 8.99. The van der Waals surface area contributed by atoms with Crippen LogP contribution in [0.15, 0.2) is 53.7 Å². The monoisotopic (exact) mass is 357 g/mol. The fourth-order valence-electron chi connectivity index (χ4n) is 2.47. The molecule has 128 valence electrons. The number of carbonyl (C=O) groups is 1. The Kier molecular flexibility index (Phi) is 4.37. The molecule has 25 heavy (non-hydrogen) atoms. The summed E-state index contributed by atoms with van der Waals surface area (Å²) >= 11 is 0. The van der Waals surface area contributed by atoms with Crippen LogP contribution in [0.25, 0.3) is 11.0 Å². The summed E-state index contributed by atoms with van der Waals surface area (Å²) < 4.78 is 28.0. The van der Waals surface area contributed by atoms with Crippen molar-refractivity contribution < 1.29 is 18.3 Å². The number of aryl methyl sites for hydroxylation is 1. The fourth-order valence-corrected chi connectivity index (χ4v) is 3.70. The van der Waals surface area contributed by atoms with Crippen molar-refractivity contribution in [2.24, 2.45) is 0 Å². The maximum atomic E-state index is 12.8. The smallest absolute Gasteiger partial charge is 0.337 e. The van der Waals surface area contributed by atoms with Crippen LogP contribution in [0.2, 0.25) is 0 Å². The largest absolute Gasteiger partial charge is 0.478 e. The van der Waals surface area contributed by atoms with E-state index in [0.29, 0.717) is 11.9 Å². The maximum Gasteiger partial charge on any atom is 0.337 e. The number of nitrogens with zero attached hydrogens (tertiary/aromatic N) is 2. The van der Waals surface area contributed by atoms with Gasteiger partial charge in [-0.05, 0) is 36.2 Å². The number of aromatic carboxylic acids is 1. The van der Waals surface area contributed by atoms with Crippen LogP contribution in [0, 0.1) is 0 Å². The van der Waals surface area contributed by atoms with E-state index in [2.05, 4.69) is 14.7 Å². The molecule has 0 aliphatic carbocycles. The van der Waals surface area contributed by atoms with E-state index in [1.807, 2.05) is 6.92 Å². The predicted octanol–water partition coefficient (Wildman–Crippen LogP) is 2.69. The van der Waals surface area contributed by atoms with Crippen molar-refractivity contribution in [3.63, 3.8) is 0 Å². The van der Waals surface area contributed by atoms with Gasteiger partial charge in [0, 0.05) is 12.4 Å². The standard InChI is InChI=1S/C17H15N3O4S/c1-2-11-6-7-12(17(21)22)14(10-11)20-25(23,24)15-5-3-4-13-16(15)19-9-8-18-13/h3-10,20H,2H2,1H3,(H,21,22). The Morgan fingerprint density at radius 1 is 1.16 bits per heavy atom. The molecule has 0 bridgehead atoms. The molecule has 0 fully saturated rings. The van der Waals surface area contributed by atoms with E-state index in [9.17, 15) is 18.3 Å². The number of carboxylic acids is 1. The number of hydrogen-bond acceptors (Lipinski definition) is 5. The number of nitrogens with one attached hydrogen (secondary N) is 1. The van der Waals surface area contributed by atoms with Gasteiger partial charge in [-0.2, -0.15) is 0 Å². The predicted molar refractivity (Wildman–Crippen MR) is 93.1 cm³/mol. The molecule has 0 atom stereocenters. The second-order valence-corrected chi connectivity index (χ2v) is 6.98. The number of benzene rings is 2. The van der Waals surface area contributed by atoms with E-state index in [4.69, 9.17) is 0 Å². The lowest BCUT2D eigenvalue weighted by Gasteiger charge is -2.13. The van der Waals surface area contributed by atoms with Crippen molar-refractivity contribution >= 4 is 32.7 Å². The van der Waals surface area contributed by atoms with Gasteiger partial charge in [0.2, 0.25) is 0 Å². The lowest BCUT2D eigenvalue weighted by molar-refractivity contribution is 0.0698. The molecule has 0 amide bonds. The van der Waals surface area contributed by atoms with Crippen molar-refractivity contribution in [3.05, 3.63) is 59.9 Å². The molecule has 0 radical (unpaired) electrons. The highest BCUT2D eigenvalue weighted by atomic mass is 32.2. The summed E-state index contributed by atoms with van der Waals surface area (Å²) in [5.74, 6) is -1.21. The highest BCUT2D eigenvalue weighted by Crippen LogP contribution is 2.25. The average Bonchev–Trinajstić information content (AvgIpc) is 2.60. The summed E-state index contributed by atoms with van der Waals surface area (Å²) in [7, 11) is -4.04.